The quantitative estimate of drug-likeness (QED) is 0.850. The third-order valence-corrected chi connectivity index (χ3v) is 4.74. The summed E-state index contributed by atoms with van der Waals surface area (Å²) >= 11 is 0. The van der Waals surface area contributed by atoms with Crippen molar-refractivity contribution in [2.24, 2.45) is 11.8 Å². The van der Waals surface area contributed by atoms with E-state index in [1.165, 1.54) is 31.2 Å². The fourth-order valence-corrected chi connectivity index (χ4v) is 3.35. The SMILES string of the molecule is COc1cccc([C@@H](C)NC2CCCC(C(C)C)C2)c1. The maximum atomic E-state index is 5.32. The molecular weight excluding hydrogens is 246 g/mol. The largest absolute Gasteiger partial charge is 0.497 e. The summed E-state index contributed by atoms with van der Waals surface area (Å²) in [5, 5.41) is 3.82. The third-order valence-electron chi connectivity index (χ3n) is 4.74. The zero-order chi connectivity index (χ0) is 14.5. The van der Waals surface area contributed by atoms with E-state index in [0.717, 1.165) is 17.6 Å². The van der Waals surface area contributed by atoms with E-state index in [2.05, 4.69) is 44.3 Å². The molecule has 0 amide bonds. The Bertz CT molecular complexity index is 416. The second kappa shape index (κ2) is 7.12. The summed E-state index contributed by atoms with van der Waals surface area (Å²) < 4.78 is 5.32. The van der Waals surface area contributed by atoms with Gasteiger partial charge in [0.2, 0.25) is 0 Å². The van der Waals surface area contributed by atoms with Crippen LogP contribution in [0.2, 0.25) is 0 Å². The van der Waals surface area contributed by atoms with E-state index in [1.807, 2.05) is 6.07 Å². The topological polar surface area (TPSA) is 21.3 Å². The number of hydrogen-bond acceptors (Lipinski definition) is 2. The Balaban J connectivity index is 1.94. The Morgan fingerprint density at radius 2 is 2.00 bits per heavy atom. The van der Waals surface area contributed by atoms with E-state index < -0.39 is 0 Å². The predicted octanol–water partition coefficient (Wildman–Crippen LogP) is 4.56. The molecule has 2 nitrogen and oxygen atoms in total. The first-order valence-corrected chi connectivity index (χ1v) is 8.00. The first kappa shape index (κ1) is 15.4. The second-order valence-corrected chi connectivity index (χ2v) is 6.53. The highest BCUT2D eigenvalue weighted by atomic mass is 16.5. The van der Waals surface area contributed by atoms with Crippen molar-refractivity contribution in [3.8, 4) is 5.75 Å². The fourth-order valence-electron chi connectivity index (χ4n) is 3.35. The zero-order valence-electron chi connectivity index (χ0n) is 13.4. The summed E-state index contributed by atoms with van der Waals surface area (Å²) in [4.78, 5) is 0. The normalized spacial score (nSPS) is 24.6. The van der Waals surface area contributed by atoms with Gasteiger partial charge in [-0.3, -0.25) is 0 Å². The minimum Gasteiger partial charge on any atom is -0.497 e. The average molecular weight is 275 g/mol. The van der Waals surface area contributed by atoms with E-state index in [1.54, 1.807) is 7.11 Å². The summed E-state index contributed by atoms with van der Waals surface area (Å²) in [5.74, 6) is 2.64. The molecule has 0 saturated heterocycles. The van der Waals surface area contributed by atoms with Crippen molar-refractivity contribution >= 4 is 0 Å². The summed E-state index contributed by atoms with van der Waals surface area (Å²) in [6, 6.07) is 9.46. The summed E-state index contributed by atoms with van der Waals surface area (Å²) in [5.41, 5.74) is 1.32. The van der Waals surface area contributed by atoms with Crippen molar-refractivity contribution in [3.05, 3.63) is 29.8 Å². The maximum absolute atomic E-state index is 5.32. The molecule has 0 aliphatic heterocycles. The predicted molar refractivity (Wildman–Crippen MR) is 85.1 cm³/mol. The standard InChI is InChI=1S/C18H29NO/c1-13(2)15-7-5-9-17(11-15)19-14(3)16-8-6-10-18(12-16)20-4/h6,8,10,12-15,17,19H,5,7,9,11H2,1-4H3/t14-,15?,17?/m1/s1. The molecule has 0 aromatic heterocycles. The number of hydrogen-bond donors (Lipinski definition) is 1. The number of rotatable bonds is 5. The van der Waals surface area contributed by atoms with Crippen LogP contribution in [0.4, 0.5) is 0 Å². The lowest BCUT2D eigenvalue weighted by Gasteiger charge is -2.34. The van der Waals surface area contributed by atoms with E-state index >= 15 is 0 Å². The molecule has 1 aromatic rings. The first-order chi connectivity index (χ1) is 9.60. The van der Waals surface area contributed by atoms with Gasteiger partial charge in [0, 0.05) is 12.1 Å². The molecule has 1 fully saturated rings. The van der Waals surface area contributed by atoms with E-state index in [9.17, 15) is 0 Å². The van der Waals surface area contributed by atoms with E-state index in [0.29, 0.717) is 12.1 Å². The Labute approximate surface area is 123 Å². The molecule has 1 N–H and O–H groups in total. The van der Waals surface area contributed by atoms with Crippen LogP contribution in [-0.4, -0.2) is 13.2 Å². The Hall–Kier alpha value is -1.02. The first-order valence-electron chi connectivity index (χ1n) is 8.00. The molecular formula is C18H29NO. The average Bonchev–Trinajstić information content (AvgIpc) is 2.47. The van der Waals surface area contributed by atoms with Crippen LogP contribution in [-0.2, 0) is 0 Å². The van der Waals surface area contributed by atoms with Gasteiger partial charge in [-0.1, -0.05) is 38.8 Å². The van der Waals surface area contributed by atoms with Crippen molar-refractivity contribution < 1.29 is 4.74 Å². The second-order valence-electron chi connectivity index (χ2n) is 6.53. The number of benzene rings is 1. The molecule has 2 heteroatoms. The van der Waals surface area contributed by atoms with Gasteiger partial charge < -0.3 is 10.1 Å². The van der Waals surface area contributed by atoms with Crippen LogP contribution in [0.3, 0.4) is 0 Å². The Morgan fingerprint density at radius 3 is 2.70 bits per heavy atom. The van der Waals surface area contributed by atoms with Gasteiger partial charge in [0.25, 0.3) is 0 Å². The van der Waals surface area contributed by atoms with E-state index in [-0.39, 0.29) is 0 Å². The lowest BCUT2D eigenvalue weighted by molar-refractivity contribution is 0.223. The fraction of sp³-hybridized carbons (Fsp3) is 0.667. The number of ether oxygens (including phenoxy) is 1. The van der Waals surface area contributed by atoms with Gasteiger partial charge in [-0.15, -0.1) is 0 Å². The minimum absolute atomic E-state index is 0.390. The van der Waals surface area contributed by atoms with Gasteiger partial charge in [0.05, 0.1) is 7.11 Å². The molecule has 1 aromatic carbocycles. The molecule has 2 unspecified atom stereocenters. The minimum atomic E-state index is 0.390. The van der Waals surface area contributed by atoms with Crippen LogP contribution in [0.15, 0.2) is 24.3 Å². The molecule has 1 aliphatic carbocycles. The Kier molecular flexibility index (Phi) is 5.47. The van der Waals surface area contributed by atoms with Gasteiger partial charge in [-0.2, -0.15) is 0 Å². The molecule has 0 bridgehead atoms. The van der Waals surface area contributed by atoms with Crippen LogP contribution in [0, 0.1) is 11.8 Å². The molecule has 3 atom stereocenters. The molecule has 0 spiro atoms. The lowest BCUT2D eigenvalue weighted by atomic mass is 9.79. The summed E-state index contributed by atoms with van der Waals surface area (Å²) in [6.07, 6.45) is 5.41. The highest BCUT2D eigenvalue weighted by Crippen LogP contribution is 2.31. The van der Waals surface area contributed by atoms with Crippen molar-refractivity contribution in [2.75, 3.05) is 7.11 Å². The smallest absolute Gasteiger partial charge is 0.119 e. The van der Waals surface area contributed by atoms with Crippen LogP contribution in [0.1, 0.15) is 58.1 Å². The van der Waals surface area contributed by atoms with Crippen molar-refractivity contribution in [3.63, 3.8) is 0 Å². The highest BCUT2D eigenvalue weighted by molar-refractivity contribution is 5.30. The molecule has 20 heavy (non-hydrogen) atoms. The van der Waals surface area contributed by atoms with Gasteiger partial charge in [-0.05, 0) is 49.3 Å². The Morgan fingerprint density at radius 1 is 1.20 bits per heavy atom. The van der Waals surface area contributed by atoms with Gasteiger partial charge in [0.15, 0.2) is 0 Å². The molecule has 1 aliphatic rings. The van der Waals surface area contributed by atoms with E-state index in [4.69, 9.17) is 4.74 Å². The zero-order valence-corrected chi connectivity index (χ0v) is 13.4. The van der Waals surface area contributed by atoms with Crippen molar-refractivity contribution in [1.29, 1.82) is 0 Å². The third kappa shape index (κ3) is 3.99. The van der Waals surface area contributed by atoms with Crippen LogP contribution >= 0.6 is 0 Å². The monoisotopic (exact) mass is 275 g/mol. The van der Waals surface area contributed by atoms with Gasteiger partial charge in [0.1, 0.15) is 5.75 Å². The summed E-state index contributed by atoms with van der Waals surface area (Å²) in [6.45, 7) is 6.98. The van der Waals surface area contributed by atoms with Gasteiger partial charge in [-0.25, -0.2) is 0 Å². The lowest BCUT2D eigenvalue weighted by Crippen LogP contribution is -2.37. The van der Waals surface area contributed by atoms with Crippen LogP contribution in [0.5, 0.6) is 5.75 Å². The molecule has 112 valence electrons. The molecule has 1 saturated carbocycles. The number of methoxy groups -OCH3 is 1. The molecule has 2 rings (SSSR count). The van der Waals surface area contributed by atoms with Gasteiger partial charge >= 0.3 is 0 Å². The molecule has 0 radical (unpaired) electrons. The highest BCUT2D eigenvalue weighted by Gasteiger charge is 2.25. The molecule has 0 heterocycles. The van der Waals surface area contributed by atoms with Crippen molar-refractivity contribution in [1.82, 2.24) is 5.32 Å². The summed E-state index contributed by atoms with van der Waals surface area (Å²) in [7, 11) is 1.73. The van der Waals surface area contributed by atoms with Crippen LogP contribution in [0.25, 0.3) is 0 Å². The van der Waals surface area contributed by atoms with Crippen LogP contribution < -0.4 is 10.1 Å². The van der Waals surface area contributed by atoms with Crippen molar-refractivity contribution in [2.45, 2.75) is 58.5 Å². The maximum Gasteiger partial charge on any atom is 0.119 e. The number of nitrogens with one attached hydrogen (secondary N) is 1.